The predicted molar refractivity (Wildman–Crippen MR) is 141 cm³/mol. The fourth-order valence-corrected chi connectivity index (χ4v) is 4.90. The molecule has 1 aliphatic heterocycles. The second-order valence-electron chi connectivity index (χ2n) is 9.41. The first kappa shape index (κ1) is 26.4. The number of hydrogen-bond acceptors (Lipinski definition) is 6. The summed E-state index contributed by atoms with van der Waals surface area (Å²) >= 11 is 0. The van der Waals surface area contributed by atoms with Gasteiger partial charge in [-0.1, -0.05) is 6.07 Å². The third-order valence-corrected chi connectivity index (χ3v) is 6.95. The highest BCUT2D eigenvalue weighted by Gasteiger charge is 2.61. The van der Waals surface area contributed by atoms with Crippen LogP contribution in [0.4, 0.5) is 5.69 Å². The average molecular weight is 516 g/mol. The Morgan fingerprint density at radius 3 is 2.84 bits per heavy atom. The minimum Gasteiger partial charge on any atom is -0.493 e. The Morgan fingerprint density at radius 1 is 1.29 bits per heavy atom. The minimum atomic E-state index is -0.886. The standard InChI is InChI=1S/C28H29N5O5/c1-31-11-9-24(30)33-26(36)19-7-8-23-20(14-19)28(10-12-38-23)15-21(28)27(37)32-22-13-17(16-29)5-6-18(22)3-2-4-25(34)35/h5-9,11,13-14,21,31H,2-4,10,12,15H2,1H3,(H,32,37)(H,34,35)(H2,30,33,36)/b11-9-. The molecule has 4 rings (SSSR count). The van der Waals surface area contributed by atoms with E-state index in [1.54, 1.807) is 49.6 Å². The molecule has 10 nitrogen and oxygen atoms in total. The third kappa shape index (κ3) is 5.67. The van der Waals surface area contributed by atoms with Crippen LogP contribution in [0.25, 0.3) is 0 Å². The largest absolute Gasteiger partial charge is 0.493 e. The molecule has 0 bridgehead atoms. The molecule has 1 heterocycles. The van der Waals surface area contributed by atoms with E-state index in [0.29, 0.717) is 54.9 Å². The van der Waals surface area contributed by atoms with Crippen LogP contribution in [0.1, 0.15) is 52.7 Å². The summed E-state index contributed by atoms with van der Waals surface area (Å²) in [4.78, 5) is 41.0. The Bertz CT molecular complexity index is 1380. The van der Waals surface area contributed by atoms with Gasteiger partial charge in [-0.3, -0.25) is 14.4 Å². The van der Waals surface area contributed by atoms with Crippen molar-refractivity contribution >= 4 is 29.3 Å². The smallest absolute Gasteiger partial charge is 0.303 e. The molecule has 0 aromatic heterocycles. The summed E-state index contributed by atoms with van der Waals surface area (Å²) in [5.74, 6) is -1.22. The number of aryl methyl sites for hydroxylation is 1. The van der Waals surface area contributed by atoms with Gasteiger partial charge < -0.3 is 26.2 Å². The second kappa shape index (κ2) is 11.2. The maximum atomic E-state index is 13.4. The lowest BCUT2D eigenvalue weighted by molar-refractivity contribution is -0.137. The number of fused-ring (bicyclic) bond motifs is 2. The molecular formula is C28H29N5O5. The van der Waals surface area contributed by atoms with Crippen LogP contribution in [0.15, 0.2) is 53.7 Å². The van der Waals surface area contributed by atoms with Crippen molar-refractivity contribution in [3.05, 3.63) is 70.9 Å². The molecule has 2 aromatic rings. The number of aliphatic carboxylic acids is 1. The molecule has 1 fully saturated rings. The molecule has 2 atom stereocenters. The Hall–Kier alpha value is -4.65. The van der Waals surface area contributed by atoms with Crippen LogP contribution >= 0.6 is 0 Å². The van der Waals surface area contributed by atoms with Crippen LogP contribution in [0.5, 0.6) is 5.75 Å². The molecule has 2 aromatic carbocycles. The van der Waals surface area contributed by atoms with Gasteiger partial charge in [-0.05, 0) is 73.9 Å². The van der Waals surface area contributed by atoms with Gasteiger partial charge in [0.15, 0.2) is 0 Å². The highest BCUT2D eigenvalue weighted by Crippen LogP contribution is 2.61. The fourth-order valence-electron chi connectivity index (χ4n) is 4.90. The number of amidine groups is 1. The quantitative estimate of drug-likeness (QED) is 0.292. The molecule has 2 aliphatic rings. The molecule has 2 unspecified atom stereocenters. The third-order valence-electron chi connectivity index (χ3n) is 6.95. The van der Waals surface area contributed by atoms with Crippen molar-refractivity contribution in [1.82, 2.24) is 5.32 Å². The van der Waals surface area contributed by atoms with E-state index < -0.39 is 17.3 Å². The van der Waals surface area contributed by atoms with Crippen molar-refractivity contribution in [2.75, 3.05) is 19.0 Å². The van der Waals surface area contributed by atoms with Crippen LogP contribution in [0.2, 0.25) is 0 Å². The number of anilines is 1. The molecular weight excluding hydrogens is 486 g/mol. The van der Waals surface area contributed by atoms with E-state index in [1.165, 1.54) is 6.08 Å². The Morgan fingerprint density at radius 2 is 2.11 bits per heavy atom. The first-order valence-electron chi connectivity index (χ1n) is 12.3. The Labute approximate surface area is 220 Å². The van der Waals surface area contributed by atoms with Crippen molar-refractivity contribution < 1.29 is 24.2 Å². The zero-order valence-electron chi connectivity index (χ0n) is 21.0. The van der Waals surface area contributed by atoms with E-state index in [1.807, 2.05) is 0 Å². The number of ether oxygens (including phenoxy) is 1. The monoisotopic (exact) mass is 515 g/mol. The highest BCUT2D eigenvalue weighted by molar-refractivity contribution is 6.06. The first-order chi connectivity index (χ1) is 18.3. The number of carboxylic acid groups (broad SMARTS) is 1. The summed E-state index contributed by atoms with van der Waals surface area (Å²) in [6.07, 6.45) is 5.15. The van der Waals surface area contributed by atoms with Crippen LogP contribution in [-0.4, -0.2) is 42.4 Å². The van der Waals surface area contributed by atoms with Crippen LogP contribution in [0.3, 0.4) is 0 Å². The lowest BCUT2D eigenvalue weighted by atomic mass is 9.86. The van der Waals surface area contributed by atoms with Gasteiger partial charge in [0.05, 0.1) is 18.2 Å². The van der Waals surface area contributed by atoms with E-state index in [4.69, 9.17) is 15.6 Å². The molecule has 196 valence electrons. The van der Waals surface area contributed by atoms with Gasteiger partial charge >= 0.3 is 5.97 Å². The zero-order valence-corrected chi connectivity index (χ0v) is 21.0. The molecule has 38 heavy (non-hydrogen) atoms. The molecule has 10 heteroatoms. The molecule has 1 aliphatic carbocycles. The van der Waals surface area contributed by atoms with Gasteiger partial charge in [-0.2, -0.15) is 10.3 Å². The summed E-state index contributed by atoms with van der Waals surface area (Å²) in [5, 5.41) is 24.0. The molecule has 1 saturated carbocycles. The van der Waals surface area contributed by atoms with Crippen LogP contribution in [-0.2, 0) is 21.4 Å². The summed E-state index contributed by atoms with van der Waals surface area (Å²) in [6, 6.07) is 12.2. The van der Waals surface area contributed by atoms with Crippen molar-refractivity contribution in [2.24, 2.45) is 16.6 Å². The van der Waals surface area contributed by atoms with Gasteiger partial charge in [-0.25, -0.2) is 0 Å². The van der Waals surface area contributed by atoms with E-state index >= 15 is 0 Å². The van der Waals surface area contributed by atoms with Crippen LogP contribution in [0, 0.1) is 17.2 Å². The van der Waals surface area contributed by atoms with E-state index in [0.717, 1.165) is 11.1 Å². The predicted octanol–water partition coefficient (Wildman–Crippen LogP) is 2.87. The number of nitrogens with one attached hydrogen (secondary N) is 2. The van der Waals surface area contributed by atoms with E-state index in [2.05, 4.69) is 21.7 Å². The Kier molecular flexibility index (Phi) is 7.76. The SMILES string of the molecule is CN/C=C\C(N)=NC(=O)c1ccc2c(c1)C1(CCO2)CC1C(=O)Nc1cc(C#N)ccc1CCCC(=O)O. The number of carboxylic acids is 1. The van der Waals surface area contributed by atoms with Gasteiger partial charge in [0.2, 0.25) is 5.91 Å². The first-order valence-corrected chi connectivity index (χ1v) is 12.3. The summed E-state index contributed by atoms with van der Waals surface area (Å²) in [7, 11) is 1.71. The molecule has 1 spiro atoms. The molecule has 0 saturated heterocycles. The fraction of sp³-hybridized carbons (Fsp3) is 0.321. The summed E-state index contributed by atoms with van der Waals surface area (Å²) in [5.41, 5.74) is 8.15. The van der Waals surface area contributed by atoms with Gasteiger partial charge in [0, 0.05) is 41.6 Å². The maximum Gasteiger partial charge on any atom is 0.303 e. The molecule has 0 radical (unpaired) electrons. The second-order valence-corrected chi connectivity index (χ2v) is 9.41. The van der Waals surface area contributed by atoms with Crippen molar-refractivity contribution in [3.63, 3.8) is 0 Å². The summed E-state index contributed by atoms with van der Waals surface area (Å²) < 4.78 is 5.82. The number of benzene rings is 2. The minimum absolute atomic E-state index is 0.0123. The zero-order chi connectivity index (χ0) is 27.3. The van der Waals surface area contributed by atoms with Gasteiger partial charge in [0.25, 0.3) is 5.91 Å². The number of nitrogens with zero attached hydrogens (tertiary/aromatic N) is 2. The number of nitrogens with two attached hydrogens (primary N) is 1. The average Bonchev–Trinajstić information content (AvgIpc) is 3.62. The number of hydrogen-bond donors (Lipinski definition) is 4. The van der Waals surface area contributed by atoms with Gasteiger partial charge in [-0.15, -0.1) is 0 Å². The van der Waals surface area contributed by atoms with Crippen molar-refractivity contribution in [1.29, 1.82) is 5.26 Å². The lowest BCUT2D eigenvalue weighted by Gasteiger charge is -2.27. The number of amides is 2. The maximum absolute atomic E-state index is 13.4. The normalized spacial score (nSPS) is 19.8. The van der Waals surface area contributed by atoms with Crippen molar-refractivity contribution in [3.8, 4) is 11.8 Å². The highest BCUT2D eigenvalue weighted by atomic mass is 16.5. The number of aliphatic imine (C=N–C) groups is 1. The number of carbonyl (C=O) groups is 3. The van der Waals surface area contributed by atoms with Crippen LogP contribution < -0.4 is 21.1 Å². The summed E-state index contributed by atoms with van der Waals surface area (Å²) in [6.45, 7) is 0.453. The van der Waals surface area contributed by atoms with Crippen molar-refractivity contribution in [2.45, 2.75) is 37.5 Å². The van der Waals surface area contributed by atoms with Gasteiger partial charge in [0.1, 0.15) is 11.6 Å². The number of nitriles is 1. The Balaban J connectivity index is 1.55. The number of rotatable bonds is 9. The lowest BCUT2D eigenvalue weighted by Crippen LogP contribution is -2.27. The topological polar surface area (TPSA) is 167 Å². The van der Waals surface area contributed by atoms with E-state index in [-0.39, 0.29) is 24.1 Å². The molecule has 5 N–H and O–H groups in total. The molecule has 2 amide bonds. The van der Waals surface area contributed by atoms with E-state index in [9.17, 15) is 19.6 Å². The number of carbonyl (C=O) groups excluding carboxylic acids is 2.